The minimum absolute atomic E-state index is 0.0791. The fraction of sp³-hybridized carbons (Fsp3) is 0.600. The van der Waals surface area contributed by atoms with Gasteiger partial charge in [-0.05, 0) is 49.7 Å². The maximum atomic E-state index is 12.7. The van der Waals surface area contributed by atoms with E-state index in [1.54, 1.807) is 0 Å². The van der Waals surface area contributed by atoms with Crippen LogP contribution < -0.4 is 4.74 Å². The van der Waals surface area contributed by atoms with E-state index in [9.17, 15) is 4.79 Å². The number of nitrogens with zero attached hydrogens (tertiary/aromatic N) is 3. The van der Waals surface area contributed by atoms with E-state index in [1.165, 1.54) is 11.4 Å². The largest absolute Gasteiger partial charge is 0.484 e. The van der Waals surface area contributed by atoms with E-state index in [0.717, 1.165) is 77.2 Å². The minimum Gasteiger partial charge on any atom is -0.484 e. The predicted octanol–water partition coefficient (Wildman–Crippen LogP) is 3.05. The average Bonchev–Trinajstić information content (AvgIpc) is 3.33. The second-order valence-electron chi connectivity index (χ2n) is 9.33. The lowest BCUT2D eigenvalue weighted by Gasteiger charge is -2.44. The van der Waals surface area contributed by atoms with E-state index in [4.69, 9.17) is 14.5 Å². The van der Waals surface area contributed by atoms with E-state index in [1.807, 2.05) is 41.6 Å². The van der Waals surface area contributed by atoms with Crippen LogP contribution in [0.5, 0.6) is 5.75 Å². The summed E-state index contributed by atoms with van der Waals surface area (Å²) in [4.78, 5) is 25.5. The summed E-state index contributed by atoms with van der Waals surface area (Å²) in [5, 5.41) is 0. The molecular formula is C25H34N4O3. The lowest BCUT2D eigenvalue weighted by atomic mass is 9.83. The number of rotatable bonds is 6. The van der Waals surface area contributed by atoms with Crippen molar-refractivity contribution in [1.82, 2.24) is 19.8 Å². The third kappa shape index (κ3) is 4.84. The Bertz CT molecular complexity index is 872. The molecule has 172 valence electrons. The third-order valence-corrected chi connectivity index (χ3v) is 7.35. The van der Waals surface area contributed by atoms with Gasteiger partial charge in [-0.3, -0.25) is 9.69 Å². The molecule has 32 heavy (non-hydrogen) atoms. The summed E-state index contributed by atoms with van der Waals surface area (Å²) < 4.78 is 11.3. The highest BCUT2D eigenvalue weighted by Crippen LogP contribution is 2.39. The molecule has 1 atom stereocenters. The number of imidazole rings is 1. The first-order valence-electron chi connectivity index (χ1n) is 12.1. The third-order valence-electron chi connectivity index (χ3n) is 7.35. The maximum Gasteiger partial charge on any atom is 0.260 e. The van der Waals surface area contributed by atoms with Crippen molar-refractivity contribution in [3.8, 4) is 5.75 Å². The van der Waals surface area contributed by atoms with Crippen molar-refractivity contribution >= 4 is 5.91 Å². The Morgan fingerprint density at radius 1 is 1.09 bits per heavy atom. The SMILES string of the molecule is O=C(COc1ccccc1)N1CCC(C2c3nc[nH]c3CCN2CC2CCOCC2)CC1. The molecule has 1 unspecified atom stereocenters. The Hall–Kier alpha value is -2.38. The van der Waals surface area contributed by atoms with Crippen LogP contribution >= 0.6 is 0 Å². The van der Waals surface area contributed by atoms with Crippen LogP contribution in [0.2, 0.25) is 0 Å². The molecule has 1 N–H and O–H groups in total. The number of aromatic amines is 1. The number of ether oxygens (including phenoxy) is 2. The number of piperidine rings is 1. The molecule has 1 aromatic heterocycles. The Kier molecular flexibility index (Phi) is 6.74. The molecule has 1 aromatic carbocycles. The van der Waals surface area contributed by atoms with Crippen LogP contribution in [0.25, 0.3) is 0 Å². The number of aromatic nitrogens is 2. The number of hydrogen-bond acceptors (Lipinski definition) is 5. The monoisotopic (exact) mass is 438 g/mol. The molecule has 2 aromatic rings. The van der Waals surface area contributed by atoms with Crippen molar-refractivity contribution in [3.05, 3.63) is 48.0 Å². The molecule has 0 radical (unpaired) electrons. The smallest absolute Gasteiger partial charge is 0.260 e. The minimum atomic E-state index is 0.0791. The van der Waals surface area contributed by atoms with Crippen molar-refractivity contribution in [2.45, 2.75) is 38.1 Å². The van der Waals surface area contributed by atoms with Crippen molar-refractivity contribution in [2.75, 3.05) is 46.0 Å². The van der Waals surface area contributed by atoms with Gasteiger partial charge in [0.2, 0.25) is 0 Å². The Morgan fingerprint density at radius 3 is 2.66 bits per heavy atom. The van der Waals surface area contributed by atoms with Crippen LogP contribution in [0.3, 0.4) is 0 Å². The molecule has 4 heterocycles. The Balaban J connectivity index is 1.20. The molecule has 7 heteroatoms. The van der Waals surface area contributed by atoms with Crippen LogP contribution in [-0.2, 0) is 16.0 Å². The van der Waals surface area contributed by atoms with Crippen molar-refractivity contribution in [1.29, 1.82) is 0 Å². The molecule has 2 fully saturated rings. The fourth-order valence-electron chi connectivity index (χ4n) is 5.56. The molecule has 0 bridgehead atoms. The van der Waals surface area contributed by atoms with Gasteiger partial charge in [0, 0.05) is 51.5 Å². The number of para-hydroxylation sites is 1. The number of likely N-dealkylation sites (tertiary alicyclic amines) is 1. The lowest BCUT2D eigenvalue weighted by molar-refractivity contribution is -0.135. The zero-order valence-electron chi connectivity index (χ0n) is 18.7. The number of fused-ring (bicyclic) bond motifs is 1. The summed E-state index contributed by atoms with van der Waals surface area (Å²) in [5.74, 6) is 2.06. The van der Waals surface area contributed by atoms with Gasteiger partial charge in [0.05, 0.1) is 18.1 Å². The molecule has 0 saturated carbocycles. The molecule has 3 aliphatic rings. The molecule has 0 spiro atoms. The number of hydrogen-bond donors (Lipinski definition) is 1. The van der Waals surface area contributed by atoms with Gasteiger partial charge >= 0.3 is 0 Å². The summed E-state index contributed by atoms with van der Waals surface area (Å²) in [5.41, 5.74) is 2.54. The van der Waals surface area contributed by atoms with Crippen LogP contribution in [0.15, 0.2) is 36.7 Å². The summed E-state index contributed by atoms with van der Waals surface area (Å²) in [7, 11) is 0. The first-order chi connectivity index (χ1) is 15.8. The van der Waals surface area contributed by atoms with Crippen LogP contribution in [0.1, 0.15) is 43.1 Å². The van der Waals surface area contributed by atoms with Crippen molar-refractivity contribution < 1.29 is 14.3 Å². The molecule has 1 amide bonds. The quantitative estimate of drug-likeness (QED) is 0.751. The van der Waals surface area contributed by atoms with Gasteiger partial charge < -0.3 is 19.4 Å². The molecule has 5 rings (SSSR count). The fourth-order valence-corrected chi connectivity index (χ4v) is 5.56. The molecule has 7 nitrogen and oxygen atoms in total. The molecule has 3 aliphatic heterocycles. The number of nitrogens with one attached hydrogen (secondary N) is 1. The number of carbonyl (C=O) groups is 1. The maximum absolute atomic E-state index is 12.7. The zero-order chi connectivity index (χ0) is 21.8. The van der Waals surface area contributed by atoms with Crippen molar-refractivity contribution in [3.63, 3.8) is 0 Å². The number of H-pyrrole nitrogens is 1. The highest BCUT2D eigenvalue weighted by molar-refractivity contribution is 5.77. The number of carbonyl (C=O) groups excluding carboxylic acids is 1. The molecule has 2 saturated heterocycles. The molecule has 0 aliphatic carbocycles. The Morgan fingerprint density at radius 2 is 1.88 bits per heavy atom. The van der Waals surface area contributed by atoms with E-state index >= 15 is 0 Å². The zero-order valence-corrected chi connectivity index (χ0v) is 18.7. The molecular weight excluding hydrogens is 404 g/mol. The standard InChI is InChI=1S/C25H34N4O3/c30-23(17-32-21-4-2-1-3-5-21)28-11-6-20(7-12-28)25-24-22(26-18-27-24)8-13-29(25)16-19-9-14-31-15-10-19/h1-5,18-20,25H,6-17H2,(H,26,27). The second-order valence-corrected chi connectivity index (χ2v) is 9.33. The first kappa shape index (κ1) is 21.5. The topological polar surface area (TPSA) is 70.7 Å². The summed E-state index contributed by atoms with van der Waals surface area (Å²) in [6.07, 6.45) is 7.24. The summed E-state index contributed by atoms with van der Waals surface area (Å²) in [6, 6.07) is 9.91. The van der Waals surface area contributed by atoms with Crippen LogP contribution in [0, 0.1) is 11.8 Å². The van der Waals surface area contributed by atoms with Gasteiger partial charge in [0.25, 0.3) is 5.91 Å². The summed E-state index contributed by atoms with van der Waals surface area (Å²) >= 11 is 0. The average molecular weight is 439 g/mol. The predicted molar refractivity (Wildman–Crippen MR) is 121 cm³/mol. The normalized spacial score (nSPS) is 23.1. The summed E-state index contributed by atoms with van der Waals surface area (Å²) in [6.45, 7) is 5.69. The number of benzene rings is 1. The van der Waals surface area contributed by atoms with Gasteiger partial charge in [-0.1, -0.05) is 18.2 Å². The van der Waals surface area contributed by atoms with Crippen LogP contribution in [0.4, 0.5) is 0 Å². The van der Waals surface area contributed by atoms with Gasteiger partial charge in [-0.25, -0.2) is 4.98 Å². The van der Waals surface area contributed by atoms with Gasteiger partial charge in [0.15, 0.2) is 6.61 Å². The second kappa shape index (κ2) is 10.0. The van der Waals surface area contributed by atoms with E-state index in [0.29, 0.717) is 17.9 Å². The highest BCUT2D eigenvalue weighted by Gasteiger charge is 2.38. The van der Waals surface area contributed by atoms with E-state index in [2.05, 4.69) is 9.88 Å². The van der Waals surface area contributed by atoms with Crippen LogP contribution in [-0.4, -0.2) is 71.7 Å². The van der Waals surface area contributed by atoms with Gasteiger partial charge in [-0.15, -0.1) is 0 Å². The van der Waals surface area contributed by atoms with E-state index in [-0.39, 0.29) is 12.5 Å². The van der Waals surface area contributed by atoms with Gasteiger partial charge in [0.1, 0.15) is 5.75 Å². The number of amides is 1. The Labute approximate surface area is 190 Å². The highest BCUT2D eigenvalue weighted by atomic mass is 16.5. The van der Waals surface area contributed by atoms with Crippen molar-refractivity contribution in [2.24, 2.45) is 11.8 Å². The lowest BCUT2D eigenvalue weighted by Crippen LogP contribution is -2.47. The van der Waals surface area contributed by atoms with Gasteiger partial charge in [-0.2, -0.15) is 0 Å². The van der Waals surface area contributed by atoms with E-state index < -0.39 is 0 Å². The first-order valence-corrected chi connectivity index (χ1v) is 12.1.